The topological polar surface area (TPSA) is 77.7 Å². The first-order chi connectivity index (χ1) is 14.7. The second-order valence-electron chi connectivity index (χ2n) is 7.61. The van der Waals surface area contributed by atoms with Gasteiger partial charge in [-0.25, -0.2) is 5.10 Å². The normalized spacial score (nSPS) is 11.4. The van der Waals surface area contributed by atoms with Gasteiger partial charge in [0, 0.05) is 35.4 Å². The molecule has 0 aliphatic rings. The van der Waals surface area contributed by atoms with Crippen LogP contribution < -0.4 is 5.56 Å². The number of nitrogens with zero attached hydrogens (tertiary/aromatic N) is 3. The minimum absolute atomic E-state index is 0.211. The van der Waals surface area contributed by atoms with Crippen LogP contribution in [0.1, 0.15) is 32.3 Å². The van der Waals surface area contributed by atoms with Gasteiger partial charge in [-0.2, -0.15) is 5.10 Å². The molecular formula is C24H27N5O. The van der Waals surface area contributed by atoms with Crippen LogP contribution in [-0.4, -0.2) is 38.2 Å². The van der Waals surface area contributed by atoms with Gasteiger partial charge in [0.1, 0.15) is 0 Å². The zero-order valence-corrected chi connectivity index (χ0v) is 17.5. The third kappa shape index (κ3) is 4.33. The molecule has 0 aliphatic carbocycles. The molecule has 0 fully saturated rings. The predicted octanol–water partition coefficient (Wildman–Crippen LogP) is 4.60. The molecular weight excluding hydrogens is 374 g/mol. The summed E-state index contributed by atoms with van der Waals surface area (Å²) in [4.78, 5) is 22.4. The van der Waals surface area contributed by atoms with Gasteiger partial charge in [0.2, 0.25) is 0 Å². The summed E-state index contributed by atoms with van der Waals surface area (Å²) in [5, 5.41) is 7.90. The standard InChI is InChI=1S/C24H27N5O/c1-3-11-29(12-4-2)16-17-5-6-19-14-23(26-21(19)13-17)20-15-22(27-28-24(20)30)18-7-9-25-10-8-18/h5-10,13-15,26H,3-4,11-12,16H2,1-2H3,(H,28,30). The number of aromatic nitrogens is 4. The Morgan fingerprint density at radius 3 is 2.47 bits per heavy atom. The molecule has 1 aromatic carbocycles. The van der Waals surface area contributed by atoms with E-state index < -0.39 is 0 Å². The SMILES string of the molecule is CCCN(CCC)Cc1ccc2cc(-c3cc(-c4ccncc4)n[nH]c3=O)[nH]c2c1. The lowest BCUT2D eigenvalue weighted by Gasteiger charge is -2.20. The molecule has 0 aliphatic heterocycles. The van der Waals surface area contributed by atoms with Crippen molar-refractivity contribution in [2.45, 2.75) is 33.2 Å². The summed E-state index contributed by atoms with van der Waals surface area (Å²) in [5.74, 6) is 0. The van der Waals surface area contributed by atoms with Crippen molar-refractivity contribution in [3.63, 3.8) is 0 Å². The van der Waals surface area contributed by atoms with E-state index in [4.69, 9.17) is 0 Å². The molecule has 0 amide bonds. The first-order valence-electron chi connectivity index (χ1n) is 10.5. The minimum atomic E-state index is -0.211. The van der Waals surface area contributed by atoms with Gasteiger partial charge < -0.3 is 4.98 Å². The van der Waals surface area contributed by atoms with Crippen LogP contribution in [0.4, 0.5) is 0 Å². The highest BCUT2D eigenvalue weighted by atomic mass is 16.1. The van der Waals surface area contributed by atoms with E-state index in [1.807, 2.05) is 24.3 Å². The van der Waals surface area contributed by atoms with E-state index in [9.17, 15) is 4.79 Å². The molecule has 3 heterocycles. The molecule has 4 aromatic rings. The molecule has 2 N–H and O–H groups in total. The Balaban J connectivity index is 1.66. The molecule has 30 heavy (non-hydrogen) atoms. The van der Waals surface area contributed by atoms with Crippen LogP contribution >= 0.6 is 0 Å². The monoisotopic (exact) mass is 401 g/mol. The van der Waals surface area contributed by atoms with Gasteiger partial charge in [0.05, 0.1) is 17.0 Å². The Morgan fingerprint density at radius 2 is 1.73 bits per heavy atom. The van der Waals surface area contributed by atoms with Crippen molar-refractivity contribution in [2.75, 3.05) is 13.1 Å². The van der Waals surface area contributed by atoms with E-state index >= 15 is 0 Å². The first kappa shape index (κ1) is 20.0. The number of hydrogen-bond acceptors (Lipinski definition) is 4. The van der Waals surface area contributed by atoms with Crippen molar-refractivity contribution >= 4 is 10.9 Å². The summed E-state index contributed by atoms with van der Waals surface area (Å²) < 4.78 is 0. The van der Waals surface area contributed by atoms with Gasteiger partial charge in [-0.1, -0.05) is 26.0 Å². The Hall–Kier alpha value is -3.25. The van der Waals surface area contributed by atoms with Gasteiger partial charge in [-0.05, 0) is 61.8 Å². The van der Waals surface area contributed by atoms with E-state index in [-0.39, 0.29) is 5.56 Å². The molecule has 0 unspecified atom stereocenters. The Morgan fingerprint density at radius 1 is 0.967 bits per heavy atom. The lowest BCUT2D eigenvalue weighted by atomic mass is 10.1. The summed E-state index contributed by atoms with van der Waals surface area (Å²) in [6.45, 7) is 7.58. The van der Waals surface area contributed by atoms with E-state index in [1.165, 1.54) is 5.56 Å². The van der Waals surface area contributed by atoms with E-state index in [0.29, 0.717) is 11.3 Å². The van der Waals surface area contributed by atoms with Gasteiger partial charge in [0.15, 0.2) is 0 Å². The molecule has 0 bridgehead atoms. The van der Waals surface area contributed by atoms with Gasteiger partial charge in [-0.15, -0.1) is 0 Å². The third-order valence-electron chi connectivity index (χ3n) is 5.24. The summed E-state index contributed by atoms with van der Waals surface area (Å²) in [5.41, 5.74) is 5.09. The average molecular weight is 402 g/mol. The van der Waals surface area contributed by atoms with Crippen molar-refractivity contribution in [3.8, 4) is 22.5 Å². The molecule has 4 rings (SSSR count). The highest BCUT2D eigenvalue weighted by Gasteiger charge is 2.12. The highest BCUT2D eigenvalue weighted by Crippen LogP contribution is 2.25. The van der Waals surface area contributed by atoms with E-state index in [1.54, 1.807) is 12.4 Å². The van der Waals surface area contributed by atoms with E-state index in [2.05, 4.69) is 57.1 Å². The number of fused-ring (bicyclic) bond motifs is 1. The van der Waals surface area contributed by atoms with Crippen molar-refractivity contribution < 1.29 is 0 Å². The largest absolute Gasteiger partial charge is 0.354 e. The van der Waals surface area contributed by atoms with Gasteiger partial charge in [0.25, 0.3) is 5.56 Å². The van der Waals surface area contributed by atoms with Crippen molar-refractivity contribution in [1.82, 2.24) is 25.1 Å². The maximum Gasteiger partial charge on any atom is 0.273 e. The average Bonchev–Trinajstić information content (AvgIpc) is 3.18. The lowest BCUT2D eigenvalue weighted by Crippen LogP contribution is -2.24. The molecule has 154 valence electrons. The predicted molar refractivity (Wildman–Crippen MR) is 121 cm³/mol. The number of rotatable bonds is 8. The molecule has 0 saturated heterocycles. The number of benzene rings is 1. The van der Waals surface area contributed by atoms with Crippen LogP contribution in [0.5, 0.6) is 0 Å². The molecule has 0 atom stereocenters. The Bertz CT molecular complexity index is 1170. The maximum absolute atomic E-state index is 12.5. The van der Waals surface area contributed by atoms with Crippen LogP contribution in [0.2, 0.25) is 0 Å². The number of H-pyrrole nitrogens is 2. The lowest BCUT2D eigenvalue weighted by molar-refractivity contribution is 0.266. The highest BCUT2D eigenvalue weighted by molar-refractivity contribution is 5.86. The minimum Gasteiger partial charge on any atom is -0.354 e. The number of aromatic amines is 2. The number of nitrogens with one attached hydrogen (secondary N) is 2. The smallest absolute Gasteiger partial charge is 0.273 e. The summed E-state index contributed by atoms with van der Waals surface area (Å²) in [6.07, 6.45) is 5.73. The third-order valence-corrected chi connectivity index (χ3v) is 5.24. The molecule has 6 heteroatoms. The van der Waals surface area contributed by atoms with Crippen LogP contribution in [0.15, 0.2) is 59.7 Å². The molecule has 6 nitrogen and oxygen atoms in total. The fourth-order valence-electron chi connectivity index (χ4n) is 3.85. The fourth-order valence-corrected chi connectivity index (χ4v) is 3.85. The van der Waals surface area contributed by atoms with Crippen LogP contribution in [0, 0.1) is 0 Å². The van der Waals surface area contributed by atoms with Crippen LogP contribution in [0.3, 0.4) is 0 Å². The number of hydrogen-bond donors (Lipinski definition) is 2. The second kappa shape index (κ2) is 9.05. The molecule has 0 radical (unpaired) electrons. The number of pyridine rings is 1. The van der Waals surface area contributed by atoms with Gasteiger partial charge in [-0.3, -0.25) is 14.7 Å². The van der Waals surface area contributed by atoms with E-state index in [0.717, 1.165) is 54.6 Å². The Labute approximate surface area is 176 Å². The quantitative estimate of drug-likeness (QED) is 0.452. The summed E-state index contributed by atoms with van der Waals surface area (Å²) in [6, 6.07) is 14.1. The summed E-state index contributed by atoms with van der Waals surface area (Å²) in [7, 11) is 0. The Kier molecular flexibility index (Phi) is 6.05. The van der Waals surface area contributed by atoms with Crippen molar-refractivity contribution in [2.24, 2.45) is 0 Å². The van der Waals surface area contributed by atoms with Crippen molar-refractivity contribution in [1.29, 1.82) is 0 Å². The first-order valence-corrected chi connectivity index (χ1v) is 10.5. The molecule has 0 spiro atoms. The fraction of sp³-hybridized carbons (Fsp3) is 0.292. The van der Waals surface area contributed by atoms with Crippen LogP contribution in [0.25, 0.3) is 33.4 Å². The molecule has 3 aromatic heterocycles. The molecule has 0 saturated carbocycles. The zero-order chi connectivity index (χ0) is 20.9. The van der Waals surface area contributed by atoms with Gasteiger partial charge >= 0.3 is 0 Å². The zero-order valence-electron chi connectivity index (χ0n) is 17.5. The summed E-state index contributed by atoms with van der Waals surface area (Å²) >= 11 is 0. The second-order valence-corrected chi connectivity index (χ2v) is 7.61. The van der Waals surface area contributed by atoms with Crippen LogP contribution in [-0.2, 0) is 6.54 Å². The maximum atomic E-state index is 12.5. The van der Waals surface area contributed by atoms with Crippen molar-refractivity contribution in [3.05, 3.63) is 70.8 Å².